The van der Waals surface area contributed by atoms with Gasteiger partial charge in [-0.3, -0.25) is 24.6 Å². The number of nitro benzene ring substituents is 1. The van der Waals surface area contributed by atoms with Crippen LogP contribution in [0.1, 0.15) is 12.0 Å². The van der Waals surface area contributed by atoms with Gasteiger partial charge in [-0.2, -0.15) is 0 Å². The van der Waals surface area contributed by atoms with Crippen molar-refractivity contribution in [3.63, 3.8) is 0 Å². The molecular formula is C22H27N5O4. The number of anilines is 1. The third-order valence-corrected chi connectivity index (χ3v) is 5.18. The summed E-state index contributed by atoms with van der Waals surface area (Å²) in [6.07, 6.45) is 0.342. The van der Waals surface area contributed by atoms with Gasteiger partial charge in [0.25, 0.3) is 5.69 Å². The van der Waals surface area contributed by atoms with Crippen LogP contribution in [0.25, 0.3) is 0 Å². The van der Waals surface area contributed by atoms with E-state index in [1.807, 2.05) is 30.3 Å². The summed E-state index contributed by atoms with van der Waals surface area (Å²) in [6, 6.07) is 15.6. The molecule has 2 aromatic carbocycles. The first-order valence-electron chi connectivity index (χ1n) is 10.3. The fourth-order valence-corrected chi connectivity index (χ4v) is 3.38. The molecule has 9 heteroatoms. The van der Waals surface area contributed by atoms with Crippen molar-refractivity contribution >= 4 is 23.2 Å². The second-order valence-corrected chi connectivity index (χ2v) is 7.48. The molecule has 2 N–H and O–H groups in total. The van der Waals surface area contributed by atoms with Crippen LogP contribution in [0.5, 0.6) is 0 Å². The SMILES string of the molecule is O=C(CN1CCN(CCC(=O)Nc2ccc([N+](=O)[O-])cc2)CC1)NCc1ccccc1. The van der Waals surface area contributed by atoms with Crippen molar-refractivity contribution < 1.29 is 14.5 Å². The molecule has 1 fully saturated rings. The van der Waals surface area contributed by atoms with Crippen LogP contribution in [-0.4, -0.2) is 65.8 Å². The Morgan fingerprint density at radius 3 is 2.19 bits per heavy atom. The number of benzene rings is 2. The largest absolute Gasteiger partial charge is 0.351 e. The van der Waals surface area contributed by atoms with Gasteiger partial charge in [-0.25, -0.2) is 0 Å². The van der Waals surface area contributed by atoms with E-state index in [-0.39, 0.29) is 17.5 Å². The minimum atomic E-state index is -0.474. The van der Waals surface area contributed by atoms with Crippen LogP contribution in [0.2, 0.25) is 0 Å². The Balaban J connectivity index is 1.31. The van der Waals surface area contributed by atoms with Crippen LogP contribution in [0.4, 0.5) is 11.4 Å². The molecule has 0 aromatic heterocycles. The number of amides is 2. The number of nitro groups is 1. The van der Waals surface area contributed by atoms with E-state index in [0.717, 1.165) is 31.7 Å². The van der Waals surface area contributed by atoms with Crippen molar-refractivity contribution in [2.24, 2.45) is 0 Å². The predicted molar refractivity (Wildman–Crippen MR) is 118 cm³/mol. The van der Waals surface area contributed by atoms with E-state index in [1.54, 1.807) is 0 Å². The van der Waals surface area contributed by atoms with Crippen LogP contribution in [-0.2, 0) is 16.1 Å². The molecule has 1 aliphatic rings. The lowest BCUT2D eigenvalue weighted by Gasteiger charge is -2.34. The monoisotopic (exact) mass is 425 g/mol. The number of carbonyl (C=O) groups excluding carboxylic acids is 2. The molecule has 0 aliphatic carbocycles. The summed E-state index contributed by atoms with van der Waals surface area (Å²) in [5.41, 5.74) is 1.61. The smallest absolute Gasteiger partial charge is 0.269 e. The maximum atomic E-state index is 12.2. The molecule has 0 atom stereocenters. The van der Waals surface area contributed by atoms with Crippen molar-refractivity contribution in [1.82, 2.24) is 15.1 Å². The molecule has 0 spiro atoms. The van der Waals surface area contributed by atoms with Gasteiger partial charge in [-0.15, -0.1) is 0 Å². The highest BCUT2D eigenvalue weighted by atomic mass is 16.6. The molecule has 1 heterocycles. The molecule has 9 nitrogen and oxygen atoms in total. The first-order chi connectivity index (χ1) is 15.0. The van der Waals surface area contributed by atoms with Gasteiger partial charge in [0.2, 0.25) is 11.8 Å². The first kappa shape index (κ1) is 22.4. The number of rotatable bonds is 9. The summed E-state index contributed by atoms with van der Waals surface area (Å²) in [4.78, 5) is 38.8. The lowest BCUT2D eigenvalue weighted by molar-refractivity contribution is -0.384. The van der Waals surface area contributed by atoms with E-state index in [0.29, 0.717) is 31.7 Å². The third kappa shape index (κ3) is 7.47. The highest BCUT2D eigenvalue weighted by Crippen LogP contribution is 2.15. The van der Waals surface area contributed by atoms with E-state index in [9.17, 15) is 19.7 Å². The normalized spacial score (nSPS) is 14.7. The molecule has 0 saturated carbocycles. The maximum Gasteiger partial charge on any atom is 0.269 e. The molecule has 0 bridgehead atoms. The number of hydrogen-bond donors (Lipinski definition) is 2. The second-order valence-electron chi connectivity index (χ2n) is 7.48. The molecule has 2 amide bonds. The Bertz CT molecular complexity index is 881. The lowest BCUT2D eigenvalue weighted by atomic mass is 10.2. The van der Waals surface area contributed by atoms with Gasteiger partial charge in [0.15, 0.2) is 0 Å². The lowest BCUT2D eigenvalue weighted by Crippen LogP contribution is -2.49. The topological polar surface area (TPSA) is 108 Å². The highest BCUT2D eigenvalue weighted by molar-refractivity contribution is 5.90. The van der Waals surface area contributed by atoms with E-state index >= 15 is 0 Å². The minimum absolute atomic E-state index is 0.00961. The standard InChI is InChI=1S/C22H27N5O4/c28-21(24-19-6-8-20(9-7-19)27(30)31)10-11-25-12-14-26(15-13-25)17-22(29)23-16-18-4-2-1-3-5-18/h1-9H,10-17H2,(H,23,29)(H,24,28). The Kier molecular flexibility index (Phi) is 8.08. The number of nitrogens with zero attached hydrogens (tertiary/aromatic N) is 3. The van der Waals surface area contributed by atoms with E-state index in [4.69, 9.17) is 0 Å². The van der Waals surface area contributed by atoms with Gasteiger partial charge in [-0.1, -0.05) is 30.3 Å². The molecule has 2 aromatic rings. The zero-order valence-electron chi connectivity index (χ0n) is 17.3. The predicted octanol–water partition coefficient (Wildman–Crippen LogP) is 1.86. The van der Waals surface area contributed by atoms with Crippen molar-refractivity contribution in [3.8, 4) is 0 Å². The average molecular weight is 425 g/mol. The van der Waals surface area contributed by atoms with Crippen LogP contribution >= 0.6 is 0 Å². The molecule has 3 rings (SSSR count). The van der Waals surface area contributed by atoms with E-state index in [1.165, 1.54) is 24.3 Å². The first-order valence-corrected chi connectivity index (χ1v) is 10.3. The quantitative estimate of drug-likeness (QED) is 0.469. The Hall–Kier alpha value is -3.30. The molecule has 1 saturated heterocycles. The van der Waals surface area contributed by atoms with Crippen LogP contribution in [0.15, 0.2) is 54.6 Å². The number of carbonyl (C=O) groups is 2. The van der Waals surface area contributed by atoms with E-state index in [2.05, 4.69) is 20.4 Å². The van der Waals surface area contributed by atoms with Crippen molar-refractivity contribution in [2.75, 3.05) is 44.6 Å². The summed E-state index contributed by atoms with van der Waals surface area (Å²) < 4.78 is 0. The van der Waals surface area contributed by atoms with Gasteiger partial charge in [0.05, 0.1) is 11.5 Å². The molecule has 164 valence electrons. The third-order valence-electron chi connectivity index (χ3n) is 5.18. The Morgan fingerprint density at radius 2 is 1.55 bits per heavy atom. The number of nitrogens with one attached hydrogen (secondary N) is 2. The molecular weight excluding hydrogens is 398 g/mol. The van der Waals surface area contributed by atoms with Gasteiger partial charge in [0, 0.05) is 63.5 Å². The molecule has 0 radical (unpaired) electrons. The fraction of sp³-hybridized carbons (Fsp3) is 0.364. The maximum absolute atomic E-state index is 12.2. The van der Waals surface area contributed by atoms with Crippen molar-refractivity contribution in [2.45, 2.75) is 13.0 Å². The summed E-state index contributed by atoms with van der Waals surface area (Å²) in [5.74, 6) is -0.114. The molecule has 0 unspecified atom stereocenters. The highest BCUT2D eigenvalue weighted by Gasteiger charge is 2.19. The molecule has 31 heavy (non-hydrogen) atoms. The summed E-state index contributed by atoms with van der Waals surface area (Å²) >= 11 is 0. The fourth-order valence-electron chi connectivity index (χ4n) is 3.38. The molecule has 1 aliphatic heterocycles. The van der Waals surface area contributed by atoms with Crippen LogP contribution in [0, 0.1) is 10.1 Å². The summed E-state index contributed by atoms with van der Waals surface area (Å²) in [7, 11) is 0. The summed E-state index contributed by atoms with van der Waals surface area (Å²) in [5, 5.41) is 16.4. The van der Waals surface area contributed by atoms with Crippen LogP contribution < -0.4 is 10.6 Å². The van der Waals surface area contributed by atoms with Crippen molar-refractivity contribution in [3.05, 3.63) is 70.3 Å². The van der Waals surface area contributed by atoms with Crippen molar-refractivity contribution in [1.29, 1.82) is 0 Å². The minimum Gasteiger partial charge on any atom is -0.351 e. The number of hydrogen-bond acceptors (Lipinski definition) is 6. The zero-order valence-corrected chi connectivity index (χ0v) is 17.3. The second kappa shape index (κ2) is 11.2. The van der Waals surface area contributed by atoms with Gasteiger partial charge >= 0.3 is 0 Å². The Morgan fingerprint density at radius 1 is 0.903 bits per heavy atom. The average Bonchev–Trinajstić information content (AvgIpc) is 2.78. The Labute approximate surface area is 181 Å². The summed E-state index contributed by atoms with van der Waals surface area (Å²) in [6.45, 7) is 4.71. The number of piperazine rings is 1. The zero-order chi connectivity index (χ0) is 22.1. The van der Waals surface area contributed by atoms with Crippen LogP contribution in [0.3, 0.4) is 0 Å². The van der Waals surface area contributed by atoms with Gasteiger partial charge in [0.1, 0.15) is 0 Å². The van der Waals surface area contributed by atoms with Gasteiger partial charge < -0.3 is 15.5 Å². The van der Waals surface area contributed by atoms with Gasteiger partial charge in [-0.05, 0) is 17.7 Å². The number of non-ortho nitro benzene ring substituents is 1. The van der Waals surface area contributed by atoms with E-state index < -0.39 is 4.92 Å².